The summed E-state index contributed by atoms with van der Waals surface area (Å²) in [4.78, 5) is 23.0. The summed E-state index contributed by atoms with van der Waals surface area (Å²) in [5.41, 5.74) is 2.25. The maximum absolute atomic E-state index is 13.3. The van der Waals surface area contributed by atoms with Crippen molar-refractivity contribution in [3.63, 3.8) is 0 Å². The van der Waals surface area contributed by atoms with Gasteiger partial charge < -0.3 is 15.0 Å². The van der Waals surface area contributed by atoms with Gasteiger partial charge in [0, 0.05) is 57.1 Å². The highest BCUT2D eigenvalue weighted by Crippen LogP contribution is 2.24. The van der Waals surface area contributed by atoms with Crippen molar-refractivity contribution >= 4 is 32.1 Å². The summed E-state index contributed by atoms with van der Waals surface area (Å²) in [6, 6.07) is 17.7. The van der Waals surface area contributed by atoms with E-state index in [4.69, 9.17) is 4.74 Å². The van der Waals surface area contributed by atoms with Gasteiger partial charge in [-0.25, -0.2) is 35.9 Å². The number of carbonyl (C=O) groups is 1. The van der Waals surface area contributed by atoms with Gasteiger partial charge in [0.05, 0.1) is 16.8 Å². The number of rotatable bonds is 8. The van der Waals surface area contributed by atoms with E-state index in [1.165, 1.54) is 19.8 Å². The number of nitrogens with zero attached hydrogens (tertiary/aromatic N) is 5. The first-order chi connectivity index (χ1) is 20.1. The largest absolute Gasteiger partial charge is 0.445 e. The molecule has 0 aliphatic carbocycles. The van der Waals surface area contributed by atoms with Gasteiger partial charge in [-0.15, -0.1) is 0 Å². The fourth-order valence-electron chi connectivity index (χ4n) is 4.97. The maximum atomic E-state index is 13.3. The number of amides is 1. The molecule has 2 saturated heterocycles. The molecule has 3 aromatic rings. The molecule has 2 fully saturated rings. The molecule has 14 heteroatoms. The van der Waals surface area contributed by atoms with Crippen LogP contribution in [0.2, 0.25) is 0 Å². The molecule has 2 aliphatic rings. The number of nitrogens with one attached hydrogen (secondary N) is 1. The van der Waals surface area contributed by atoms with Gasteiger partial charge in [0.1, 0.15) is 6.61 Å². The van der Waals surface area contributed by atoms with Crippen molar-refractivity contribution in [3.05, 3.63) is 72.4 Å². The zero-order chi connectivity index (χ0) is 29.7. The number of benzene rings is 2. The lowest BCUT2D eigenvalue weighted by Gasteiger charge is -2.33. The fourth-order valence-corrected chi connectivity index (χ4v) is 7.27. The second kappa shape index (κ2) is 12.7. The molecule has 42 heavy (non-hydrogen) atoms. The first-order valence-corrected chi connectivity index (χ1v) is 17.0. The number of carbonyl (C=O) groups excluding carboxylic acids is 1. The van der Waals surface area contributed by atoms with Crippen molar-refractivity contribution < 1.29 is 26.4 Å². The molecule has 0 spiro atoms. The molecule has 1 N–H and O–H groups in total. The third kappa shape index (κ3) is 7.24. The number of sulfonamides is 2. The number of ether oxygens (including phenoxy) is 1. The Morgan fingerprint density at radius 3 is 2.19 bits per heavy atom. The van der Waals surface area contributed by atoms with Gasteiger partial charge in [0.25, 0.3) is 0 Å². The van der Waals surface area contributed by atoms with Crippen LogP contribution in [0.5, 0.6) is 0 Å². The maximum Gasteiger partial charge on any atom is 0.410 e. The van der Waals surface area contributed by atoms with Crippen LogP contribution in [0, 0.1) is 0 Å². The monoisotopic (exact) mass is 614 g/mol. The van der Waals surface area contributed by atoms with Crippen molar-refractivity contribution in [2.45, 2.75) is 30.4 Å². The van der Waals surface area contributed by atoms with Crippen LogP contribution in [-0.4, -0.2) is 98.0 Å². The smallest absolute Gasteiger partial charge is 0.410 e. The quantitative estimate of drug-likeness (QED) is 0.405. The molecule has 0 saturated carbocycles. The Hall–Kier alpha value is -3.59. The number of hydrogen-bond donors (Lipinski definition) is 1. The number of anilines is 1. The van der Waals surface area contributed by atoms with E-state index in [9.17, 15) is 21.6 Å². The molecule has 3 heterocycles. The first-order valence-electron chi connectivity index (χ1n) is 13.7. The van der Waals surface area contributed by atoms with Crippen molar-refractivity contribution in [3.8, 4) is 11.3 Å². The lowest BCUT2D eigenvalue weighted by atomic mass is 10.1. The van der Waals surface area contributed by atoms with Gasteiger partial charge in [0.2, 0.25) is 26.0 Å². The molecule has 0 atom stereocenters. The molecular formula is C28H34N6O6S2. The molecule has 224 valence electrons. The topological polar surface area (TPSA) is 142 Å². The highest BCUT2D eigenvalue weighted by Gasteiger charge is 2.31. The Kier molecular flexibility index (Phi) is 9.06. The van der Waals surface area contributed by atoms with E-state index in [-0.39, 0.29) is 43.7 Å². The van der Waals surface area contributed by atoms with Crippen LogP contribution in [0.1, 0.15) is 18.4 Å². The second-order valence-corrected chi connectivity index (χ2v) is 14.2. The van der Waals surface area contributed by atoms with Gasteiger partial charge >= 0.3 is 6.09 Å². The van der Waals surface area contributed by atoms with Crippen LogP contribution in [0.25, 0.3) is 11.3 Å². The molecule has 1 aromatic heterocycles. The summed E-state index contributed by atoms with van der Waals surface area (Å²) in [6.45, 7) is 1.89. The third-order valence-electron chi connectivity index (χ3n) is 7.40. The van der Waals surface area contributed by atoms with Gasteiger partial charge in [0.15, 0.2) is 0 Å². The zero-order valence-corrected chi connectivity index (χ0v) is 24.9. The lowest BCUT2D eigenvalue weighted by Crippen LogP contribution is -2.50. The van der Waals surface area contributed by atoms with Crippen LogP contribution in [0.3, 0.4) is 0 Å². The zero-order valence-electron chi connectivity index (χ0n) is 23.3. The Balaban J connectivity index is 1.15. The van der Waals surface area contributed by atoms with Gasteiger partial charge in [-0.1, -0.05) is 42.5 Å². The summed E-state index contributed by atoms with van der Waals surface area (Å²) in [6.07, 6.45) is 3.69. The van der Waals surface area contributed by atoms with Crippen molar-refractivity contribution in [2.75, 3.05) is 50.8 Å². The minimum atomic E-state index is -3.75. The Bertz CT molecular complexity index is 1590. The first kappa shape index (κ1) is 29.9. The van der Waals surface area contributed by atoms with Crippen molar-refractivity contribution in [1.29, 1.82) is 0 Å². The number of aromatic nitrogens is 2. The molecule has 0 unspecified atom stereocenters. The molecule has 5 rings (SSSR count). The van der Waals surface area contributed by atoms with Crippen LogP contribution in [0.4, 0.5) is 10.7 Å². The van der Waals surface area contributed by atoms with Gasteiger partial charge in [-0.05, 0) is 36.6 Å². The molecule has 12 nitrogen and oxygen atoms in total. The summed E-state index contributed by atoms with van der Waals surface area (Å²) >= 11 is 0. The van der Waals surface area contributed by atoms with Crippen LogP contribution in [0.15, 0.2) is 71.8 Å². The average Bonchev–Trinajstić information content (AvgIpc) is 3.00. The number of piperidine rings is 1. The predicted octanol–water partition coefficient (Wildman–Crippen LogP) is 2.62. The van der Waals surface area contributed by atoms with Gasteiger partial charge in [-0.3, -0.25) is 0 Å². The minimum Gasteiger partial charge on any atom is -0.445 e. The Labute approximate surface area is 246 Å². The highest BCUT2D eigenvalue weighted by atomic mass is 32.2. The van der Waals surface area contributed by atoms with E-state index < -0.39 is 26.1 Å². The molecular weight excluding hydrogens is 580 g/mol. The number of hydrogen-bond acceptors (Lipinski definition) is 9. The normalized spacial score (nSPS) is 17.6. The van der Waals surface area contributed by atoms with Crippen molar-refractivity contribution in [2.24, 2.45) is 0 Å². The lowest BCUT2D eigenvalue weighted by molar-refractivity contribution is 0.0838. The van der Waals surface area contributed by atoms with Crippen LogP contribution < -0.4 is 5.32 Å². The molecule has 1 amide bonds. The SMILES string of the molecule is CS(=O)(=O)N1CCC(Nc2nccc(-c3ccc(S(=O)(=O)N4CCN(C(=O)OCc5ccccc5)CC4)cc3)n2)CC1. The van der Waals surface area contributed by atoms with E-state index in [1.807, 2.05) is 30.3 Å². The van der Waals surface area contributed by atoms with E-state index in [2.05, 4.69) is 15.3 Å². The summed E-state index contributed by atoms with van der Waals surface area (Å²) < 4.78 is 58.3. The summed E-state index contributed by atoms with van der Waals surface area (Å²) in [5.74, 6) is 0.433. The molecule has 0 bridgehead atoms. The Morgan fingerprint density at radius 1 is 0.881 bits per heavy atom. The van der Waals surface area contributed by atoms with E-state index in [0.29, 0.717) is 37.6 Å². The van der Waals surface area contributed by atoms with E-state index >= 15 is 0 Å². The standard InChI is InChI=1S/C28H34N6O6S2/c1-41(36,37)33-15-12-24(13-16-33)30-27-29-14-11-26(31-27)23-7-9-25(10-8-23)42(38,39)34-19-17-32(18-20-34)28(35)40-21-22-5-3-2-4-6-22/h2-11,14,24H,12-13,15-21H2,1H3,(H,29,30,31). The molecule has 0 radical (unpaired) electrons. The average molecular weight is 615 g/mol. The second-order valence-electron chi connectivity index (χ2n) is 10.3. The minimum absolute atomic E-state index is 0.0527. The third-order valence-corrected chi connectivity index (χ3v) is 10.6. The summed E-state index contributed by atoms with van der Waals surface area (Å²) in [5, 5.41) is 3.29. The number of piperazine rings is 1. The predicted molar refractivity (Wildman–Crippen MR) is 157 cm³/mol. The molecule has 2 aromatic carbocycles. The fraction of sp³-hybridized carbons (Fsp3) is 0.393. The van der Waals surface area contributed by atoms with Crippen LogP contribution >= 0.6 is 0 Å². The Morgan fingerprint density at radius 2 is 1.55 bits per heavy atom. The van der Waals surface area contributed by atoms with Crippen LogP contribution in [-0.2, 0) is 31.4 Å². The highest BCUT2D eigenvalue weighted by molar-refractivity contribution is 7.89. The van der Waals surface area contributed by atoms with Gasteiger partial charge in [-0.2, -0.15) is 4.31 Å². The molecule has 2 aliphatic heterocycles. The van der Waals surface area contributed by atoms with E-state index in [1.54, 1.807) is 36.5 Å². The van der Waals surface area contributed by atoms with Crippen molar-refractivity contribution in [1.82, 2.24) is 23.5 Å². The summed E-state index contributed by atoms with van der Waals surface area (Å²) in [7, 11) is -6.94. The van der Waals surface area contributed by atoms with E-state index in [0.717, 1.165) is 11.1 Å².